The largest absolute Gasteiger partial charge is 0.507 e. The van der Waals surface area contributed by atoms with Gasteiger partial charge in [0.15, 0.2) is 5.84 Å². The number of fused-ring (bicyclic) bond motifs is 1. The van der Waals surface area contributed by atoms with E-state index in [1.54, 1.807) is 48.5 Å². The monoisotopic (exact) mass is 359 g/mol. The summed E-state index contributed by atoms with van der Waals surface area (Å²) in [4.78, 5) is 3.26. The maximum atomic E-state index is 10.8. The lowest BCUT2D eigenvalue weighted by atomic mass is 9.99. The molecule has 27 heavy (non-hydrogen) atoms. The van der Waals surface area contributed by atoms with Gasteiger partial charge in [-0.2, -0.15) is 0 Å². The van der Waals surface area contributed by atoms with E-state index in [0.717, 1.165) is 16.6 Å². The first-order valence-electron chi connectivity index (χ1n) is 8.30. The van der Waals surface area contributed by atoms with E-state index in [1.807, 2.05) is 18.2 Å². The zero-order valence-electron chi connectivity index (χ0n) is 14.2. The Labute approximate surface area is 154 Å². The molecule has 4 rings (SSSR count). The van der Waals surface area contributed by atoms with Crippen LogP contribution in [0.1, 0.15) is 5.56 Å². The molecular formula is C21H17N3O3. The lowest BCUT2D eigenvalue weighted by Gasteiger charge is -2.10. The number of hydrogen-bond donors (Lipinski definition) is 5. The summed E-state index contributed by atoms with van der Waals surface area (Å²) in [6.45, 7) is 0. The second kappa shape index (κ2) is 6.42. The highest BCUT2D eigenvalue weighted by atomic mass is 16.4. The highest BCUT2D eigenvalue weighted by molar-refractivity contribution is 6.01. The molecule has 0 atom stereocenters. The van der Waals surface area contributed by atoms with Crippen LogP contribution >= 0.6 is 0 Å². The molecule has 0 fully saturated rings. The number of para-hydroxylation sites is 2. The van der Waals surface area contributed by atoms with E-state index in [9.17, 15) is 10.2 Å². The Morgan fingerprint density at radius 3 is 2.37 bits per heavy atom. The summed E-state index contributed by atoms with van der Waals surface area (Å²) in [6.07, 6.45) is 0. The van der Waals surface area contributed by atoms with E-state index in [2.05, 4.69) is 10.1 Å². The molecule has 1 aromatic heterocycles. The minimum atomic E-state index is 0.0315. The molecule has 0 amide bonds. The highest BCUT2D eigenvalue weighted by Crippen LogP contribution is 2.41. The van der Waals surface area contributed by atoms with Gasteiger partial charge in [0.1, 0.15) is 11.5 Å². The van der Waals surface area contributed by atoms with Gasteiger partial charge in [0.25, 0.3) is 0 Å². The maximum Gasteiger partial charge on any atom is 0.170 e. The van der Waals surface area contributed by atoms with Crippen LogP contribution in [0.25, 0.3) is 33.3 Å². The average molecular weight is 359 g/mol. The van der Waals surface area contributed by atoms with Crippen LogP contribution in [-0.2, 0) is 0 Å². The predicted octanol–water partition coefficient (Wildman–Crippen LogP) is 4.01. The van der Waals surface area contributed by atoms with Crippen LogP contribution in [0.2, 0.25) is 0 Å². The Balaban J connectivity index is 1.84. The number of nitrogens with zero attached hydrogens (tertiary/aromatic N) is 1. The fraction of sp³-hybridized carbons (Fsp3) is 0. The number of rotatable bonds is 3. The second-order valence-corrected chi connectivity index (χ2v) is 6.19. The summed E-state index contributed by atoms with van der Waals surface area (Å²) >= 11 is 0. The molecule has 3 aromatic carbocycles. The number of benzene rings is 3. The lowest BCUT2D eigenvalue weighted by Crippen LogP contribution is -2.12. The summed E-state index contributed by atoms with van der Waals surface area (Å²) in [5.74, 6) is 0.205. The average Bonchev–Trinajstić information content (AvgIpc) is 3.11. The first-order chi connectivity index (χ1) is 13.1. The second-order valence-electron chi connectivity index (χ2n) is 6.19. The molecule has 0 unspecified atom stereocenters. The fourth-order valence-corrected chi connectivity index (χ4v) is 3.17. The van der Waals surface area contributed by atoms with E-state index in [1.165, 1.54) is 0 Å². The normalized spacial score (nSPS) is 11.8. The summed E-state index contributed by atoms with van der Waals surface area (Å²) in [5, 5.41) is 33.7. The number of phenols is 2. The smallest absolute Gasteiger partial charge is 0.170 e. The molecule has 6 N–H and O–H groups in total. The molecule has 4 aromatic rings. The van der Waals surface area contributed by atoms with Crippen molar-refractivity contribution in [3.63, 3.8) is 0 Å². The van der Waals surface area contributed by atoms with E-state index in [4.69, 9.17) is 10.9 Å². The number of aromatic amines is 1. The number of nitrogens with two attached hydrogens (primary N) is 1. The van der Waals surface area contributed by atoms with Gasteiger partial charge >= 0.3 is 0 Å². The molecule has 134 valence electrons. The minimum Gasteiger partial charge on any atom is -0.507 e. The van der Waals surface area contributed by atoms with E-state index in [-0.39, 0.29) is 17.3 Å². The fourth-order valence-electron chi connectivity index (χ4n) is 3.17. The van der Waals surface area contributed by atoms with Gasteiger partial charge in [0.2, 0.25) is 0 Å². The molecule has 0 aliphatic heterocycles. The Kier molecular flexibility index (Phi) is 3.93. The van der Waals surface area contributed by atoms with Crippen molar-refractivity contribution in [2.45, 2.75) is 0 Å². The van der Waals surface area contributed by atoms with Crippen LogP contribution in [0.5, 0.6) is 11.5 Å². The number of nitrogens with one attached hydrogen (secondary N) is 1. The van der Waals surface area contributed by atoms with Crippen molar-refractivity contribution in [3.8, 4) is 33.9 Å². The molecule has 0 spiro atoms. The van der Waals surface area contributed by atoms with Crippen molar-refractivity contribution in [1.29, 1.82) is 0 Å². The Hall–Kier alpha value is -3.93. The number of phenolic OH excluding ortho intramolecular Hbond substituents is 2. The number of oxime groups is 1. The van der Waals surface area contributed by atoms with Crippen molar-refractivity contribution in [3.05, 3.63) is 72.3 Å². The Morgan fingerprint density at radius 1 is 0.852 bits per heavy atom. The highest BCUT2D eigenvalue weighted by Gasteiger charge is 2.15. The van der Waals surface area contributed by atoms with Crippen LogP contribution < -0.4 is 5.73 Å². The standard InChI is InChI=1S/C21H17N3O3/c22-21(24-27)12-8-9-17-13(10-12)11-18(23-17)16-6-3-5-15(20(16)26)14-4-1-2-7-19(14)25/h1-11,23,25-27H,(H2,22,24). The van der Waals surface area contributed by atoms with E-state index < -0.39 is 0 Å². The van der Waals surface area contributed by atoms with Gasteiger partial charge in [0.05, 0.1) is 5.69 Å². The Bertz CT molecular complexity index is 1180. The number of hydrogen-bond acceptors (Lipinski definition) is 4. The van der Waals surface area contributed by atoms with Gasteiger partial charge in [-0.3, -0.25) is 0 Å². The number of aromatic nitrogens is 1. The van der Waals surface area contributed by atoms with Crippen molar-refractivity contribution in [2.75, 3.05) is 0 Å². The molecule has 0 bridgehead atoms. The van der Waals surface area contributed by atoms with Gasteiger partial charge in [-0.1, -0.05) is 35.5 Å². The van der Waals surface area contributed by atoms with Crippen LogP contribution in [0.15, 0.2) is 71.9 Å². The molecule has 6 nitrogen and oxygen atoms in total. The van der Waals surface area contributed by atoms with Crippen molar-refractivity contribution in [2.24, 2.45) is 10.9 Å². The quantitative estimate of drug-likeness (QED) is 0.164. The predicted molar refractivity (Wildman–Crippen MR) is 105 cm³/mol. The SMILES string of the molecule is N/C(=N/O)c1ccc2[nH]c(-c3cccc(-c4ccccc4O)c3O)cc2c1. The summed E-state index contributed by atoms with van der Waals surface area (Å²) in [5.41, 5.74) is 9.53. The Morgan fingerprint density at radius 2 is 1.59 bits per heavy atom. The third-order valence-electron chi connectivity index (χ3n) is 4.54. The van der Waals surface area contributed by atoms with Gasteiger partial charge < -0.3 is 26.1 Å². The number of aromatic hydroxyl groups is 2. The minimum absolute atomic E-state index is 0.0315. The van der Waals surface area contributed by atoms with Crippen LogP contribution in [0, 0.1) is 0 Å². The lowest BCUT2D eigenvalue weighted by molar-refractivity contribution is 0.318. The van der Waals surface area contributed by atoms with Gasteiger partial charge in [-0.05, 0) is 36.4 Å². The van der Waals surface area contributed by atoms with Crippen LogP contribution in [0.3, 0.4) is 0 Å². The molecule has 0 radical (unpaired) electrons. The van der Waals surface area contributed by atoms with E-state index >= 15 is 0 Å². The van der Waals surface area contributed by atoms with Crippen molar-refractivity contribution < 1.29 is 15.4 Å². The molecule has 1 heterocycles. The topological polar surface area (TPSA) is 115 Å². The van der Waals surface area contributed by atoms with Crippen LogP contribution in [0.4, 0.5) is 0 Å². The molecule has 0 aliphatic rings. The summed E-state index contributed by atoms with van der Waals surface area (Å²) < 4.78 is 0. The number of H-pyrrole nitrogens is 1. The van der Waals surface area contributed by atoms with E-state index in [0.29, 0.717) is 22.3 Å². The summed E-state index contributed by atoms with van der Waals surface area (Å²) in [6, 6.07) is 19.5. The summed E-state index contributed by atoms with van der Waals surface area (Å²) in [7, 11) is 0. The van der Waals surface area contributed by atoms with Gasteiger partial charge in [0, 0.05) is 33.2 Å². The number of amidine groups is 1. The van der Waals surface area contributed by atoms with Gasteiger partial charge in [-0.15, -0.1) is 0 Å². The zero-order valence-corrected chi connectivity index (χ0v) is 14.2. The molecule has 0 aliphatic carbocycles. The molecule has 0 saturated heterocycles. The first kappa shape index (κ1) is 16.5. The first-order valence-corrected chi connectivity index (χ1v) is 8.30. The third-order valence-corrected chi connectivity index (χ3v) is 4.54. The van der Waals surface area contributed by atoms with Crippen molar-refractivity contribution in [1.82, 2.24) is 4.98 Å². The zero-order chi connectivity index (χ0) is 19.0. The molecule has 0 saturated carbocycles. The molecular weight excluding hydrogens is 342 g/mol. The maximum absolute atomic E-state index is 10.8. The van der Waals surface area contributed by atoms with Crippen LogP contribution in [-0.4, -0.2) is 26.2 Å². The third kappa shape index (κ3) is 2.83. The molecule has 6 heteroatoms. The van der Waals surface area contributed by atoms with Crippen molar-refractivity contribution >= 4 is 16.7 Å². The van der Waals surface area contributed by atoms with Gasteiger partial charge in [-0.25, -0.2) is 0 Å².